The number of nitrogens with zero attached hydrogens (tertiary/aromatic N) is 1. The number of fused-ring (bicyclic) bond motifs is 1. The summed E-state index contributed by atoms with van der Waals surface area (Å²) >= 11 is 0. The van der Waals surface area contributed by atoms with Gasteiger partial charge in [0, 0.05) is 24.7 Å². The van der Waals surface area contributed by atoms with E-state index >= 15 is 0 Å². The minimum Gasteiger partial charge on any atom is -0.370 e. The average molecular weight is 458 g/mol. The van der Waals surface area contributed by atoms with Gasteiger partial charge in [-0.05, 0) is 84.6 Å². The standard InChI is InChI=1S/C31H41N.C2H6/c1-10-25(18-21(2)3)24(6)19-27-26-16-11-12-17-28(26)31(7,8)29(27)20-32(9)30-22(4)14-13-15-23(30)5;1-2/h10-17,19,21H,18,20H2,1-9H3;1-2H3/b24-19+,25-10-;. The highest BCUT2D eigenvalue weighted by molar-refractivity contribution is 5.87. The molecule has 34 heavy (non-hydrogen) atoms. The van der Waals surface area contributed by atoms with Gasteiger partial charge < -0.3 is 4.90 Å². The number of rotatable bonds is 7. The van der Waals surface area contributed by atoms with E-state index < -0.39 is 0 Å². The summed E-state index contributed by atoms with van der Waals surface area (Å²) in [5, 5.41) is 0. The van der Waals surface area contributed by atoms with Crippen molar-refractivity contribution in [3.05, 3.63) is 93.6 Å². The van der Waals surface area contributed by atoms with E-state index in [1.165, 1.54) is 50.2 Å². The van der Waals surface area contributed by atoms with E-state index in [1.807, 2.05) is 13.8 Å². The van der Waals surface area contributed by atoms with Crippen LogP contribution in [0.4, 0.5) is 5.69 Å². The number of hydrogen-bond donors (Lipinski definition) is 0. The number of allylic oxidation sites excluding steroid dienone is 5. The second-order valence-electron chi connectivity index (χ2n) is 10.4. The largest absolute Gasteiger partial charge is 0.370 e. The summed E-state index contributed by atoms with van der Waals surface area (Å²) in [5.41, 5.74) is 12.6. The highest BCUT2D eigenvalue weighted by Crippen LogP contribution is 2.48. The monoisotopic (exact) mass is 457 g/mol. The first kappa shape index (κ1) is 27.7. The third-order valence-corrected chi connectivity index (χ3v) is 7.03. The van der Waals surface area contributed by atoms with Crippen LogP contribution in [0.3, 0.4) is 0 Å². The van der Waals surface area contributed by atoms with Gasteiger partial charge in [0.15, 0.2) is 0 Å². The van der Waals surface area contributed by atoms with Gasteiger partial charge in [0.1, 0.15) is 0 Å². The number of aryl methyl sites for hydroxylation is 2. The fraction of sp³-hybridized carbons (Fsp3) is 0.455. The Labute approximate surface area is 210 Å². The van der Waals surface area contributed by atoms with Crippen molar-refractivity contribution >= 4 is 11.3 Å². The zero-order chi connectivity index (χ0) is 25.6. The minimum atomic E-state index is 0.00168. The molecule has 0 unspecified atom stereocenters. The maximum Gasteiger partial charge on any atom is 0.0425 e. The Morgan fingerprint density at radius 1 is 0.971 bits per heavy atom. The third kappa shape index (κ3) is 5.74. The van der Waals surface area contributed by atoms with Gasteiger partial charge in [-0.2, -0.15) is 0 Å². The Kier molecular flexibility index (Phi) is 9.56. The number of benzene rings is 2. The lowest BCUT2D eigenvalue weighted by Gasteiger charge is -2.31. The first-order valence-corrected chi connectivity index (χ1v) is 13.0. The first-order valence-electron chi connectivity index (χ1n) is 13.0. The molecule has 0 atom stereocenters. The van der Waals surface area contributed by atoms with Crippen molar-refractivity contribution in [2.75, 3.05) is 18.5 Å². The van der Waals surface area contributed by atoms with Gasteiger partial charge in [0.2, 0.25) is 0 Å². The summed E-state index contributed by atoms with van der Waals surface area (Å²) in [7, 11) is 2.24. The molecule has 0 saturated carbocycles. The number of hydrogen-bond acceptors (Lipinski definition) is 1. The lowest BCUT2D eigenvalue weighted by atomic mass is 9.80. The van der Waals surface area contributed by atoms with Crippen LogP contribution in [0.2, 0.25) is 0 Å². The molecule has 0 radical (unpaired) electrons. The highest BCUT2D eigenvalue weighted by atomic mass is 15.1. The van der Waals surface area contributed by atoms with E-state index in [1.54, 1.807) is 0 Å². The Balaban J connectivity index is 0.00000199. The van der Waals surface area contributed by atoms with E-state index in [2.05, 4.69) is 122 Å². The average Bonchev–Trinajstić information content (AvgIpc) is 3.00. The first-order chi connectivity index (χ1) is 16.1. The van der Waals surface area contributed by atoms with Crippen LogP contribution in [0.1, 0.15) is 84.1 Å². The molecule has 0 amide bonds. The van der Waals surface area contributed by atoms with Crippen LogP contribution < -0.4 is 4.90 Å². The molecule has 1 nitrogen and oxygen atoms in total. The van der Waals surface area contributed by atoms with Gasteiger partial charge in [0.05, 0.1) is 0 Å². The maximum atomic E-state index is 2.46. The highest BCUT2D eigenvalue weighted by Gasteiger charge is 2.37. The van der Waals surface area contributed by atoms with E-state index in [0.29, 0.717) is 5.92 Å². The van der Waals surface area contributed by atoms with Crippen molar-refractivity contribution in [3.63, 3.8) is 0 Å². The minimum absolute atomic E-state index is 0.00168. The van der Waals surface area contributed by atoms with Crippen LogP contribution in [-0.2, 0) is 5.41 Å². The lowest BCUT2D eigenvalue weighted by Crippen LogP contribution is -2.29. The molecule has 0 aliphatic heterocycles. The fourth-order valence-electron chi connectivity index (χ4n) is 5.35. The fourth-order valence-corrected chi connectivity index (χ4v) is 5.35. The van der Waals surface area contributed by atoms with Gasteiger partial charge in [-0.3, -0.25) is 0 Å². The SMILES string of the molecule is C/C=C(CC(C)C)\C(C)=C\C1=C(CN(C)c2c(C)cccc2C)C(C)(C)c2ccccc21.CC. The molecule has 2 aromatic rings. The number of likely N-dealkylation sites (N-methyl/N-ethyl adjacent to an activating group) is 1. The van der Waals surface area contributed by atoms with E-state index in [4.69, 9.17) is 0 Å². The van der Waals surface area contributed by atoms with Gasteiger partial charge in [-0.1, -0.05) is 96.2 Å². The molecule has 1 aliphatic rings. The second kappa shape index (κ2) is 11.7. The van der Waals surface area contributed by atoms with Crippen molar-refractivity contribution in [2.45, 2.75) is 81.1 Å². The van der Waals surface area contributed by atoms with Crippen LogP contribution in [0.15, 0.2) is 71.3 Å². The summed E-state index contributed by atoms with van der Waals surface area (Å²) < 4.78 is 0. The summed E-state index contributed by atoms with van der Waals surface area (Å²) in [5.74, 6) is 0.653. The van der Waals surface area contributed by atoms with Crippen molar-refractivity contribution < 1.29 is 0 Å². The quantitative estimate of drug-likeness (QED) is 0.374. The lowest BCUT2D eigenvalue weighted by molar-refractivity contribution is 0.620. The molecule has 2 aromatic carbocycles. The number of anilines is 1. The summed E-state index contributed by atoms with van der Waals surface area (Å²) in [6, 6.07) is 15.6. The Morgan fingerprint density at radius 2 is 1.56 bits per heavy atom. The molecule has 0 N–H and O–H groups in total. The van der Waals surface area contributed by atoms with Crippen LogP contribution >= 0.6 is 0 Å². The molecular weight excluding hydrogens is 410 g/mol. The van der Waals surface area contributed by atoms with Crippen molar-refractivity contribution in [1.82, 2.24) is 0 Å². The topological polar surface area (TPSA) is 3.24 Å². The zero-order valence-electron chi connectivity index (χ0n) is 23.6. The van der Waals surface area contributed by atoms with E-state index in [9.17, 15) is 0 Å². The smallest absolute Gasteiger partial charge is 0.0425 e. The van der Waals surface area contributed by atoms with Gasteiger partial charge in [-0.25, -0.2) is 0 Å². The Bertz CT molecular complexity index is 1060. The van der Waals surface area contributed by atoms with Gasteiger partial charge in [-0.15, -0.1) is 0 Å². The van der Waals surface area contributed by atoms with Crippen LogP contribution in [-0.4, -0.2) is 13.6 Å². The molecule has 0 bridgehead atoms. The molecular formula is C33H47N. The zero-order valence-corrected chi connectivity index (χ0v) is 23.6. The molecule has 184 valence electrons. The molecule has 0 spiro atoms. The normalized spacial score (nSPS) is 15.3. The van der Waals surface area contributed by atoms with Crippen LogP contribution in [0.25, 0.3) is 5.57 Å². The van der Waals surface area contributed by atoms with Gasteiger partial charge in [0.25, 0.3) is 0 Å². The molecule has 3 rings (SSSR count). The molecule has 1 aliphatic carbocycles. The third-order valence-electron chi connectivity index (χ3n) is 7.03. The molecule has 1 heteroatoms. The number of para-hydroxylation sites is 1. The predicted molar refractivity (Wildman–Crippen MR) is 154 cm³/mol. The molecule has 0 fully saturated rings. The summed E-state index contributed by atoms with van der Waals surface area (Å²) in [6.07, 6.45) is 5.87. The van der Waals surface area contributed by atoms with Gasteiger partial charge >= 0.3 is 0 Å². The van der Waals surface area contributed by atoms with E-state index in [-0.39, 0.29) is 5.41 Å². The van der Waals surface area contributed by atoms with Crippen LogP contribution in [0, 0.1) is 19.8 Å². The summed E-state index contributed by atoms with van der Waals surface area (Å²) in [6.45, 7) is 23.2. The Morgan fingerprint density at radius 3 is 2.12 bits per heavy atom. The molecule has 0 saturated heterocycles. The van der Waals surface area contributed by atoms with Crippen LogP contribution in [0.5, 0.6) is 0 Å². The van der Waals surface area contributed by atoms with Crippen molar-refractivity contribution in [1.29, 1.82) is 0 Å². The summed E-state index contributed by atoms with van der Waals surface area (Å²) in [4.78, 5) is 2.45. The molecule has 0 aromatic heterocycles. The second-order valence-corrected chi connectivity index (χ2v) is 10.4. The molecule has 0 heterocycles. The van der Waals surface area contributed by atoms with Crippen molar-refractivity contribution in [3.8, 4) is 0 Å². The van der Waals surface area contributed by atoms with Crippen molar-refractivity contribution in [2.24, 2.45) is 5.92 Å². The maximum absolute atomic E-state index is 2.46. The Hall–Kier alpha value is -2.54. The van der Waals surface area contributed by atoms with E-state index in [0.717, 1.165) is 13.0 Å². The predicted octanol–water partition coefficient (Wildman–Crippen LogP) is 9.45.